The van der Waals surface area contributed by atoms with Gasteiger partial charge in [-0.15, -0.1) is 0 Å². The standard InChI is InChI=1S/C23H25BrN2O3/c1-15-8-10-17(11-9-15)26-21(27)13-12-19(23(28)25-14-16(2)24)22(26)18-6-4-5-7-20(18)29-3/h4-11,19,22H,2,12-14H2,1,3H3,(H,25,28). The number of rotatable bonds is 6. The highest BCUT2D eigenvalue weighted by Gasteiger charge is 2.42. The monoisotopic (exact) mass is 456 g/mol. The average molecular weight is 457 g/mol. The number of halogens is 1. The van der Waals surface area contributed by atoms with E-state index < -0.39 is 12.0 Å². The van der Waals surface area contributed by atoms with Gasteiger partial charge in [0.15, 0.2) is 0 Å². The van der Waals surface area contributed by atoms with Gasteiger partial charge in [0.05, 0.1) is 19.1 Å². The highest BCUT2D eigenvalue weighted by molar-refractivity contribution is 9.11. The Bertz CT molecular complexity index is 911. The second kappa shape index (κ2) is 9.27. The molecule has 1 heterocycles. The Morgan fingerprint density at radius 1 is 1.24 bits per heavy atom. The lowest BCUT2D eigenvalue weighted by atomic mass is 9.82. The summed E-state index contributed by atoms with van der Waals surface area (Å²) >= 11 is 3.28. The number of nitrogens with one attached hydrogen (secondary N) is 1. The SMILES string of the molecule is C=C(Br)CNC(=O)C1CCC(=O)N(c2ccc(C)cc2)C1c1ccccc1OC. The van der Waals surface area contributed by atoms with Crippen molar-refractivity contribution < 1.29 is 14.3 Å². The normalized spacial score (nSPS) is 19.0. The molecule has 0 aromatic heterocycles. The molecule has 1 fully saturated rings. The van der Waals surface area contributed by atoms with Crippen LogP contribution in [0.25, 0.3) is 0 Å². The number of methoxy groups -OCH3 is 1. The summed E-state index contributed by atoms with van der Waals surface area (Å²) in [7, 11) is 1.60. The average Bonchev–Trinajstić information content (AvgIpc) is 2.72. The number of hydrogen-bond acceptors (Lipinski definition) is 3. The molecule has 1 N–H and O–H groups in total. The Hall–Kier alpha value is -2.60. The lowest BCUT2D eigenvalue weighted by Gasteiger charge is -2.41. The van der Waals surface area contributed by atoms with Crippen molar-refractivity contribution in [1.82, 2.24) is 5.32 Å². The Balaban J connectivity index is 2.08. The summed E-state index contributed by atoms with van der Waals surface area (Å²) in [5.41, 5.74) is 2.71. The van der Waals surface area contributed by atoms with Gasteiger partial charge in [0.2, 0.25) is 11.8 Å². The van der Waals surface area contributed by atoms with Gasteiger partial charge in [-0.3, -0.25) is 9.59 Å². The second-order valence-corrected chi connectivity index (χ2v) is 8.29. The zero-order chi connectivity index (χ0) is 21.0. The van der Waals surface area contributed by atoms with E-state index in [1.807, 2.05) is 55.5 Å². The molecule has 0 spiro atoms. The molecule has 29 heavy (non-hydrogen) atoms. The van der Waals surface area contributed by atoms with E-state index in [9.17, 15) is 9.59 Å². The van der Waals surface area contributed by atoms with Crippen LogP contribution in [0.15, 0.2) is 59.6 Å². The molecule has 2 atom stereocenters. The number of benzene rings is 2. The van der Waals surface area contributed by atoms with E-state index in [0.29, 0.717) is 29.6 Å². The number of hydrogen-bond donors (Lipinski definition) is 1. The highest BCUT2D eigenvalue weighted by Crippen LogP contribution is 2.43. The van der Waals surface area contributed by atoms with E-state index in [0.717, 1.165) is 16.8 Å². The van der Waals surface area contributed by atoms with Gasteiger partial charge in [0, 0.05) is 28.7 Å². The van der Waals surface area contributed by atoms with Crippen molar-refractivity contribution in [3.05, 3.63) is 70.7 Å². The van der Waals surface area contributed by atoms with Crippen LogP contribution in [0.3, 0.4) is 0 Å². The van der Waals surface area contributed by atoms with Crippen LogP contribution in [0.5, 0.6) is 5.75 Å². The van der Waals surface area contributed by atoms with Crippen molar-refractivity contribution in [2.75, 3.05) is 18.6 Å². The molecule has 1 aliphatic heterocycles. The number of aryl methyl sites for hydroxylation is 1. The maximum absolute atomic E-state index is 13.1. The summed E-state index contributed by atoms with van der Waals surface area (Å²) in [5, 5.41) is 2.92. The van der Waals surface area contributed by atoms with E-state index in [2.05, 4.69) is 27.8 Å². The molecule has 3 rings (SSSR count). The van der Waals surface area contributed by atoms with Crippen molar-refractivity contribution in [3.63, 3.8) is 0 Å². The number of ether oxygens (including phenoxy) is 1. The van der Waals surface area contributed by atoms with Gasteiger partial charge >= 0.3 is 0 Å². The predicted molar refractivity (Wildman–Crippen MR) is 118 cm³/mol. The fourth-order valence-corrected chi connectivity index (χ4v) is 3.90. The van der Waals surface area contributed by atoms with Gasteiger partial charge < -0.3 is 15.0 Å². The van der Waals surface area contributed by atoms with E-state index >= 15 is 0 Å². The lowest BCUT2D eigenvalue weighted by molar-refractivity contribution is -0.129. The van der Waals surface area contributed by atoms with Crippen LogP contribution >= 0.6 is 15.9 Å². The van der Waals surface area contributed by atoms with Crippen LogP contribution in [0, 0.1) is 12.8 Å². The van der Waals surface area contributed by atoms with Crippen LogP contribution in [0.4, 0.5) is 5.69 Å². The minimum absolute atomic E-state index is 0.00119. The Kier molecular flexibility index (Phi) is 6.75. The number of nitrogens with zero attached hydrogens (tertiary/aromatic N) is 1. The smallest absolute Gasteiger partial charge is 0.227 e. The van der Waals surface area contributed by atoms with E-state index in [4.69, 9.17) is 4.74 Å². The number of piperidine rings is 1. The molecule has 6 heteroatoms. The molecule has 0 bridgehead atoms. The number of carbonyl (C=O) groups excluding carboxylic acids is 2. The molecule has 5 nitrogen and oxygen atoms in total. The largest absolute Gasteiger partial charge is 0.496 e. The number of anilines is 1. The third kappa shape index (κ3) is 4.70. The minimum Gasteiger partial charge on any atom is -0.496 e. The first-order chi connectivity index (χ1) is 13.9. The van der Waals surface area contributed by atoms with Gasteiger partial charge in [0.1, 0.15) is 5.75 Å². The molecule has 0 radical (unpaired) electrons. The Morgan fingerprint density at radius 3 is 2.59 bits per heavy atom. The maximum atomic E-state index is 13.1. The molecular weight excluding hydrogens is 432 g/mol. The quantitative estimate of drug-likeness (QED) is 0.695. The highest BCUT2D eigenvalue weighted by atomic mass is 79.9. The van der Waals surface area contributed by atoms with Gasteiger partial charge in [-0.2, -0.15) is 0 Å². The van der Waals surface area contributed by atoms with Gasteiger partial charge in [-0.1, -0.05) is 58.4 Å². The number of para-hydroxylation sites is 1. The zero-order valence-electron chi connectivity index (χ0n) is 16.7. The van der Waals surface area contributed by atoms with E-state index in [1.165, 1.54) is 0 Å². The summed E-state index contributed by atoms with van der Waals surface area (Å²) in [6, 6.07) is 14.9. The summed E-state index contributed by atoms with van der Waals surface area (Å²) in [5.74, 6) is 0.147. The fourth-order valence-electron chi connectivity index (χ4n) is 3.76. The molecule has 1 saturated heterocycles. The van der Waals surface area contributed by atoms with Crippen molar-refractivity contribution in [2.24, 2.45) is 5.92 Å². The number of carbonyl (C=O) groups is 2. The molecular formula is C23H25BrN2O3. The first-order valence-electron chi connectivity index (χ1n) is 9.55. The summed E-state index contributed by atoms with van der Waals surface area (Å²) in [6.07, 6.45) is 0.789. The first kappa shape index (κ1) is 21.1. The van der Waals surface area contributed by atoms with Crippen LogP contribution in [0.2, 0.25) is 0 Å². The minimum atomic E-state index is -0.460. The summed E-state index contributed by atoms with van der Waals surface area (Å²) in [6.45, 7) is 6.12. The van der Waals surface area contributed by atoms with Gasteiger partial charge in [-0.05, 0) is 31.5 Å². The molecule has 152 valence electrons. The van der Waals surface area contributed by atoms with E-state index in [1.54, 1.807) is 12.0 Å². The second-order valence-electron chi connectivity index (χ2n) is 7.17. The van der Waals surface area contributed by atoms with Crippen LogP contribution < -0.4 is 15.0 Å². The van der Waals surface area contributed by atoms with E-state index in [-0.39, 0.29) is 11.8 Å². The molecule has 2 unspecified atom stereocenters. The molecule has 2 aromatic rings. The van der Waals surface area contributed by atoms with Crippen molar-refractivity contribution in [1.29, 1.82) is 0 Å². The topological polar surface area (TPSA) is 58.6 Å². The number of amides is 2. The molecule has 0 aliphatic carbocycles. The van der Waals surface area contributed by atoms with Crippen LogP contribution in [-0.4, -0.2) is 25.5 Å². The molecule has 0 saturated carbocycles. The van der Waals surface area contributed by atoms with Crippen molar-refractivity contribution in [3.8, 4) is 5.75 Å². The summed E-state index contributed by atoms with van der Waals surface area (Å²) < 4.78 is 6.27. The maximum Gasteiger partial charge on any atom is 0.227 e. The van der Waals surface area contributed by atoms with Crippen molar-refractivity contribution >= 4 is 33.4 Å². The molecule has 2 amide bonds. The zero-order valence-corrected chi connectivity index (χ0v) is 18.2. The van der Waals surface area contributed by atoms with Crippen molar-refractivity contribution in [2.45, 2.75) is 25.8 Å². The molecule has 2 aromatic carbocycles. The third-order valence-electron chi connectivity index (χ3n) is 5.16. The molecule has 1 aliphatic rings. The van der Waals surface area contributed by atoms with Gasteiger partial charge in [-0.25, -0.2) is 0 Å². The first-order valence-corrected chi connectivity index (χ1v) is 10.3. The Morgan fingerprint density at radius 2 is 1.93 bits per heavy atom. The fraction of sp³-hybridized carbons (Fsp3) is 0.304. The lowest BCUT2D eigenvalue weighted by Crippen LogP contribution is -2.48. The summed E-state index contributed by atoms with van der Waals surface area (Å²) in [4.78, 5) is 27.8. The Labute approximate surface area is 179 Å². The van der Waals surface area contributed by atoms with Crippen LogP contribution in [0.1, 0.15) is 30.0 Å². The van der Waals surface area contributed by atoms with Gasteiger partial charge in [0.25, 0.3) is 0 Å². The predicted octanol–water partition coefficient (Wildman–Crippen LogP) is 4.51. The third-order valence-corrected chi connectivity index (χ3v) is 5.44. The van der Waals surface area contributed by atoms with Crippen LogP contribution in [-0.2, 0) is 9.59 Å².